The Morgan fingerprint density at radius 3 is 2.52 bits per heavy atom. The first-order valence-electron chi connectivity index (χ1n) is 6.94. The first-order chi connectivity index (χ1) is 10.2. The predicted molar refractivity (Wildman–Crippen MR) is 81.6 cm³/mol. The number of benzene rings is 1. The van der Waals surface area contributed by atoms with Crippen LogP contribution in [0.5, 0.6) is 11.8 Å². The van der Waals surface area contributed by atoms with Crippen molar-refractivity contribution in [3.8, 4) is 11.8 Å². The third kappa shape index (κ3) is 4.81. The molecule has 0 atom stereocenters. The zero-order valence-electron chi connectivity index (χ0n) is 12.7. The van der Waals surface area contributed by atoms with Crippen LogP contribution in [0.3, 0.4) is 0 Å². The van der Waals surface area contributed by atoms with Gasteiger partial charge >= 0.3 is 6.01 Å². The van der Waals surface area contributed by atoms with Gasteiger partial charge in [-0.3, -0.25) is 0 Å². The molecule has 0 amide bonds. The summed E-state index contributed by atoms with van der Waals surface area (Å²) in [6.07, 6.45) is 3.53. The number of rotatable bonds is 7. The van der Waals surface area contributed by atoms with Crippen LogP contribution in [0.1, 0.15) is 16.7 Å². The molecule has 2 rings (SSSR count). The van der Waals surface area contributed by atoms with Gasteiger partial charge in [0, 0.05) is 38.2 Å². The summed E-state index contributed by atoms with van der Waals surface area (Å²) in [4.78, 5) is 8.44. The highest BCUT2D eigenvalue weighted by atomic mass is 16.5. The van der Waals surface area contributed by atoms with Crippen LogP contribution in [0.2, 0.25) is 0 Å². The first kappa shape index (κ1) is 15.4. The maximum Gasteiger partial charge on any atom is 0.321 e. The summed E-state index contributed by atoms with van der Waals surface area (Å²) < 4.78 is 10.6. The number of aromatic nitrogens is 2. The second kappa shape index (κ2) is 7.71. The topological polar surface area (TPSA) is 56.3 Å². The molecule has 0 spiro atoms. The van der Waals surface area contributed by atoms with E-state index in [9.17, 15) is 0 Å². The molecule has 5 nitrogen and oxygen atoms in total. The number of methoxy groups -OCH3 is 1. The van der Waals surface area contributed by atoms with Crippen LogP contribution in [0.15, 0.2) is 30.6 Å². The molecule has 5 heteroatoms. The molecule has 1 heterocycles. The molecular weight excluding hydrogens is 266 g/mol. The van der Waals surface area contributed by atoms with Crippen molar-refractivity contribution in [1.29, 1.82) is 0 Å². The molecule has 1 N–H and O–H groups in total. The zero-order chi connectivity index (χ0) is 15.1. The van der Waals surface area contributed by atoms with Gasteiger partial charge in [0.05, 0.1) is 6.61 Å². The van der Waals surface area contributed by atoms with Crippen LogP contribution in [-0.4, -0.2) is 30.2 Å². The molecule has 0 unspecified atom stereocenters. The Morgan fingerprint density at radius 1 is 1.10 bits per heavy atom. The van der Waals surface area contributed by atoms with Crippen molar-refractivity contribution in [3.05, 3.63) is 47.3 Å². The summed E-state index contributed by atoms with van der Waals surface area (Å²) in [6, 6.07) is 6.29. The average molecular weight is 287 g/mol. The van der Waals surface area contributed by atoms with Gasteiger partial charge in [-0.25, -0.2) is 9.97 Å². The van der Waals surface area contributed by atoms with Crippen molar-refractivity contribution in [3.63, 3.8) is 0 Å². The van der Waals surface area contributed by atoms with E-state index >= 15 is 0 Å². The quantitative estimate of drug-likeness (QED) is 0.793. The fourth-order valence-corrected chi connectivity index (χ4v) is 1.78. The molecular formula is C16H21N3O2. The van der Waals surface area contributed by atoms with Crippen LogP contribution < -0.4 is 10.1 Å². The summed E-state index contributed by atoms with van der Waals surface area (Å²) in [5, 5.41) is 3.24. The molecule has 0 saturated heterocycles. The van der Waals surface area contributed by atoms with Crippen LogP contribution in [0.4, 0.5) is 0 Å². The molecule has 0 bridgehead atoms. The average Bonchev–Trinajstić information content (AvgIpc) is 2.49. The Labute approximate surface area is 125 Å². The lowest BCUT2D eigenvalue weighted by molar-refractivity contribution is 0.199. The Hall–Kier alpha value is -1.98. The predicted octanol–water partition coefficient (Wildman–Crippen LogP) is 2.62. The van der Waals surface area contributed by atoms with E-state index in [0.717, 1.165) is 17.9 Å². The first-order valence-corrected chi connectivity index (χ1v) is 6.94. The number of nitrogens with zero attached hydrogens (tertiary/aromatic N) is 2. The molecule has 112 valence electrons. The maximum absolute atomic E-state index is 5.65. The standard InChI is InChI=1S/C16H21N3O2/c1-12-4-5-15(8-13(12)2)21-16-18-10-14(11-19-16)9-17-6-7-20-3/h4-5,8,10-11,17H,6-7,9H2,1-3H3. The van der Waals surface area contributed by atoms with Gasteiger partial charge in [0.15, 0.2) is 0 Å². The van der Waals surface area contributed by atoms with Gasteiger partial charge in [-0.2, -0.15) is 0 Å². The lowest BCUT2D eigenvalue weighted by atomic mass is 10.1. The number of ether oxygens (including phenoxy) is 2. The van der Waals surface area contributed by atoms with E-state index in [1.807, 2.05) is 18.2 Å². The van der Waals surface area contributed by atoms with E-state index in [-0.39, 0.29) is 0 Å². The summed E-state index contributed by atoms with van der Waals surface area (Å²) in [5.74, 6) is 0.754. The van der Waals surface area contributed by atoms with Crippen LogP contribution in [0, 0.1) is 13.8 Å². The second-order valence-electron chi connectivity index (χ2n) is 4.89. The van der Waals surface area contributed by atoms with E-state index in [4.69, 9.17) is 9.47 Å². The summed E-state index contributed by atoms with van der Waals surface area (Å²) in [5.41, 5.74) is 3.44. The fourth-order valence-electron chi connectivity index (χ4n) is 1.78. The highest BCUT2D eigenvalue weighted by molar-refractivity contribution is 5.35. The van der Waals surface area contributed by atoms with Crippen LogP contribution >= 0.6 is 0 Å². The molecule has 21 heavy (non-hydrogen) atoms. The SMILES string of the molecule is COCCNCc1cnc(Oc2ccc(C)c(C)c2)nc1. The summed E-state index contributed by atoms with van der Waals surface area (Å²) in [7, 11) is 1.68. The summed E-state index contributed by atoms with van der Waals surface area (Å²) >= 11 is 0. The Morgan fingerprint density at radius 2 is 1.86 bits per heavy atom. The van der Waals surface area contributed by atoms with E-state index < -0.39 is 0 Å². The smallest absolute Gasteiger partial charge is 0.321 e. The van der Waals surface area contributed by atoms with Crippen LogP contribution in [0.25, 0.3) is 0 Å². The fraction of sp³-hybridized carbons (Fsp3) is 0.375. The number of aryl methyl sites for hydroxylation is 2. The van der Waals surface area contributed by atoms with Gasteiger partial charge in [-0.1, -0.05) is 6.07 Å². The minimum absolute atomic E-state index is 0.360. The molecule has 2 aromatic rings. The monoisotopic (exact) mass is 287 g/mol. The van der Waals surface area contributed by atoms with E-state index in [1.54, 1.807) is 19.5 Å². The molecule has 1 aromatic heterocycles. The third-order valence-electron chi connectivity index (χ3n) is 3.18. The van der Waals surface area contributed by atoms with Crippen LogP contribution in [-0.2, 0) is 11.3 Å². The lowest BCUT2D eigenvalue weighted by Gasteiger charge is -2.07. The van der Waals surface area contributed by atoms with Crippen molar-refractivity contribution in [2.75, 3.05) is 20.3 Å². The highest BCUT2D eigenvalue weighted by Gasteiger charge is 2.02. The number of nitrogens with one attached hydrogen (secondary N) is 1. The maximum atomic E-state index is 5.65. The molecule has 0 radical (unpaired) electrons. The zero-order valence-corrected chi connectivity index (χ0v) is 12.7. The van der Waals surface area contributed by atoms with Gasteiger partial charge < -0.3 is 14.8 Å². The largest absolute Gasteiger partial charge is 0.424 e. The van der Waals surface area contributed by atoms with E-state index in [2.05, 4.69) is 29.1 Å². The van der Waals surface area contributed by atoms with E-state index in [0.29, 0.717) is 19.2 Å². The van der Waals surface area contributed by atoms with Gasteiger partial charge in [0.2, 0.25) is 0 Å². The molecule has 0 aliphatic carbocycles. The Kier molecular flexibility index (Phi) is 5.66. The van der Waals surface area contributed by atoms with Crippen molar-refractivity contribution >= 4 is 0 Å². The second-order valence-corrected chi connectivity index (χ2v) is 4.89. The van der Waals surface area contributed by atoms with Gasteiger partial charge in [-0.05, 0) is 37.1 Å². The Bertz CT molecular complexity index is 570. The number of hydrogen-bond acceptors (Lipinski definition) is 5. The molecule has 0 aliphatic rings. The van der Waals surface area contributed by atoms with Crippen molar-refractivity contribution < 1.29 is 9.47 Å². The van der Waals surface area contributed by atoms with Crippen molar-refractivity contribution in [2.45, 2.75) is 20.4 Å². The highest BCUT2D eigenvalue weighted by Crippen LogP contribution is 2.20. The lowest BCUT2D eigenvalue weighted by Crippen LogP contribution is -2.18. The normalized spacial score (nSPS) is 10.6. The van der Waals surface area contributed by atoms with Crippen molar-refractivity contribution in [1.82, 2.24) is 15.3 Å². The molecule has 1 aromatic carbocycles. The number of hydrogen-bond donors (Lipinski definition) is 1. The third-order valence-corrected chi connectivity index (χ3v) is 3.18. The van der Waals surface area contributed by atoms with Crippen molar-refractivity contribution in [2.24, 2.45) is 0 Å². The van der Waals surface area contributed by atoms with Gasteiger partial charge in [-0.15, -0.1) is 0 Å². The van der Waals surface area contributed by atoms with Gasteiger partial charge in [0.25, 0.3) is 0 Å². The minimum Gasteiger partial charge on any atom is -0.424 e. The molecule has 0 aliphatic heterocycles. The summed E-state index contributed by atoms with van der Waals surface area (Å²) in [6.45, 7) is 6.33. The van der Waals surface area contributed by atoms with Gasteiger partial charge in [0.1, 0.15) is 5.75 Å². The molecule has 0 fully saturated rings. The Balaban J connectivity index is 1.91. The minimum atomic E-state index is 0.360. The molecule has 0 saturated carbocycles. The van der Waals surface area contributed by atoms with E-state index in [1.165, 1.54) is 11.1 Å².